The Morgan fingerprint density at radius 1 is 1.19 bits per heavy atom. The molecule has 140 valence electrons. The fraction of sp³-hybridized carbons (Fsp3) is 0.350. The molecular weight excluding hydrogens is 389 g/mol. The van der Waals surface area contributed by atoms with E-state index < -0.39 is 6.10 Å². The number of carbonyl (C=O) groups is 1. The van der Waals surface area contributed by atoms with Crippen LogP contribution in [-0.2, 0) is 10.5 Å². The summed E-state index contributed by atoms with van der Waals surface area (Å²) in [6.45, 7) is 4.51. The van der Waals surface area contributed by atoms with Crippen molar-refractivity contribution >= 4 is 40.9 Å². The topological polar surface area (TPSA) is 38.3 Å². The van der Waals surface area contributed by atoms with E-state index in [9.17, 15) is 4.79 Å². The SMILES string of the molecule is CC[C@@H](Oc1ccccc1C)C(=O)NCCSCc1ccc(Cl)c(Cl)c1. The number of aryl methyl sites for hydroxylation is 1. The molecule has 0 saturated heterocycles. The maximum absolute atomic E-state index is 12.3. The van der Waals surface area contributed by atoms with E-state index >= 15 is 0 Å². The third kappa shape index (κ3) is 6.42. The molecule has 0 fully saturated rings. The minimum absolute atomic E-state index is 0.0779. The van der Waals surface area contributed by atoms with Crippen LogP contribution in [0.4, 0.5) is 0 Å². The molecule has 1 amide bonds. The Hall–Kier alpha value is -1.36. The summed E-state index contributed by atoms with van der Waals surface area (Å²) in [6, 6.07) is 13.4. The van der Waals surface area contributed by atoms with Gasteiger partial charge in [0.15, 0.2) is 6.10 Å². The van der Waals surface area contributed by atoms with Crippen molar-refractivity contribution in [3.05, 3.63) is 63.6 Å². The van der Waals surface area contributed by atoms with Gasteiger partial charge in [-0.15, -0.1) is 0 Å². The molecule has 2 aromatic rings. The standard InChI is InChI=1S/C20H23Cl2NO2S/c1-3-18(25-19-7-5-4-6-14(19)2)20(24)23-10-11-26-13-15-8-9-16(21)17(22)12-15/h4-9,12,18H,3,10-11,13H2,1-2H3,(H,23,24)/t18-/m1/s1. The van der Waals surface area contributed by atoms with Gasteiger partial charge in [0.2, 0.25) is 0 Å². The number of carbonyl (C=O) groups excluding carboxylic acids is 1. The molecule has 26 heavy (non-hydrogen) atoms. The fourth-order valence-corrected chi connectivity index (χ4v) is 3.47. The van der Waals surface area contributed by atoms with Crippen molar-refractivity contribution in [2.75, 3.05) is 12.3 Å². The maximum Gasteiger partial charge on any atom is 0.261 e. The molecule has 0 spiro atoms. The Morgan fingerprint density at radius 3 is 2.65 bits per heavy atom. The van der Waals surface area contributed by atoms with Crippen LogP contribution in [-0.4, -0.2) is 24.3 Å². The predicted octanol–water partition coefficient (Wildman–Crippen LogP) is 5.51. The molecule has 0 saturated carbocycles. The second-order valence-corrected chi connectivity index (χ2v) is 7.79. The minimum Gasteiger partial charge on any atom is -0.480 e. The highest BCUT2D eigenvalue weighted by Gasteiger charge is 2.18. The van der Waals surface area contributed by atoms with Crippen molar-refractivity contribution in [2.24, 2.45) is 0 Å². The van der Waals surface area contributed by atoms with Gasteiger partial charge in [0.05, 0.1) is 10.0 Å². The van der Waals surface area contributed by atoms with Crippen molar-refractivity contribution in [1.29, 1.82) is 0 Å². The number of rotatable bonds is 9. The second-order valence-electron chi connectivity index (χ2n) is 5.87. The van der Waals surface area contributed by atoms with Gasteiger partial charge in [-0.3, -0.25) is 4.79 Å². The number of amides is 1. The first kappa shape index (κ1) is 20.9. The predicted molar refractivity (Wildman–Crippen MR) is 112 cm³/mol. The Kier molecular flexibility index (Phi) is 8.63. The lowest BCUT2D eigenvalue weighted by Gasteiger charge is -2.18. The van der Waals surface area contributed by atoms with Gasteiger partial charge < -0.3 is 10.1 Å². The van der Waals surface area contributed by atoms with Gasteiger partial charge in [-0.05, 0) is 42.7 Å². The molecule has 0 aliphatic rings. The van der Waals surface area contributed by atoms with E-state index in [4.69, 9.17) is 27.9 Å². The van der Waals surface area contributed by atoms with E-state index in [-0.39, 0.29) is 5.91 Å². The largest absolute Gasteiger partial charge is 0.480 e. The van der Waals surface area contributed by atoms with Crippen molar-refractivity contribution in [3.8, 4) is 5.75 Å². The lowest BCUT2D eigenvalue weighted by atomic mass is 10.2. The van der Waals surface area contributed by atoms with Gasteiger partial charge in [-0.1, -0.05) is 54.4 Å². The quantitative estimate of drug-likeness (QED) is 0.552. The molecule has 6 heteroatoms. The molecule has 0 heterocycles. The Bertz CT molecular complexity index is 740. The van der Waals surface area contributed by atoms with Crippen LogP contribution in [0.5, 0.6) is 5.75 Å². The number of ether oxygens (including phenoxy) is 1. The average molecular weight is 412 g/mol. The van der Waals surface area contributed by atoms with Gasteiger partial charge in [0.25, 0.3) is 5.91 Å². The number of halogens is 2. The first-order chi connectivity index (χ1) is 12.5. The summed E-state index contributed by atoms with van der Waals surface area (Å²) in [6.07, 6.45) is 0.146. The van der Waals surface area contributed by atoms with Crippen LogP contribution < -0.4 is 10.1 Å². The summed E-state index contributed by atoms with van der Waals surface area (Å²) < 4.78 is 5.86. The Balaban J connectivity index is 1.73. The summed E-state index contributed by atoms with van der Waals surface area (Å²) in [5.74, 6) is 2.31. The highest BCUT2D eigenvalue weighted by atomic mass is 35.5. The zero-order valence-electron chi connectivity index (χ0n) is 14.9. The van der Waals surface area contributed by atoms with Gasteiger partial charge in [-0.25, -0.2) is 0 Å². The molecule has 0 aliphatic heterocycles. The zero-order chi connectivity index (χ0) is 18.9. The van der Waals surface area contributed by atoms with Crippen LogP contribution in [0.1, 0.15) is 24.5 Å². The van der Waals surface area contributed by atoms with E-state index in [1.54, 1.807) is 17.8 Å². The van der Waals surface area contributed by atoms with E-state index in [1.807, 2.05) is 50.2 Å². The van der Waals surface area contributed by atoms with Crippen molar-refractivity contribution in [1.82, 2.24) is 5.32 Å². The van der Waals surface area contributed by atoms with E-state index in [2.05, 4.69) is 5.32 Å². The third-order valence-electron chi connectivity index (χ3n) is 3.82. The normalized spacial score (nSPS) is 11.8. The fourth-order valence-electron chi connectivity index (χ4n) is 2.34. The van der Waals surface area contributed by atoms with Crippen molar-refractivity contribution < 1.29 is 9.53 Å². The van der Waals surface area contributed by atoms with E-state index in [0.29, 0.717) is 23.0 Å². The highest BCUT2D eigenvalue weighted by Crippen LogP contribution is 2.24. The summed E-state index contributed by atoms with van der Waals surface area (Å²) >= 11 is 13.7. The van der Waals surface area contributed by atoms with Crippen LogP contribution >= 0.6 is 35.0 Å². The van der Waals surface area contributed by atoms with Gasteiger partial charge in [0.1, 0.15) is 5.75 Å². The van der Waals surface area contributed by atoms with Crippen LogP contribution in [0, 0.1) is 6.92 Å². The third-order valence-corrected chi connectivity index (χ3v) is 5.59. The lowest BCUT2D eigenvalue weighted by molar-refractivity contribution is -0.128. The molecule has 0 bridgehead atoms. The minimum atomic E-state index is -0.476. The average Bonchev–Trinajstić information content (AvgIpc) is 2.63. The number of para-hydroxylation sites is 1. The zero-order valence-corrected chi connectivity index (χ0v) is 17.3. The molecule has 0 unspecified atom stereocenters. The Morgan fingerprint density at radius 2 is 1.96 bits per heavy atom. The number of hydrogen-bond donors (Lipinski definition) is 1. The number of hydrogen-bond acceptors (Lipinski definition) is 3. The van der Waals surface area contributed by atoms with E-state index in [0.717, 1.165) is 28.4 Å². The molecule has 0 aliphatic carbocycles. The number of thioether (sulfide) groups is 1. The first-order valence-electron chi connectivity index (χ1n) is 8.53. The monoisotopic (exact) mass is 411 g/mol. The molecule has 2 aromatic carbocycles. The summed E-state index contributed by atoms with van der Waals surface area (Å²) in [4.78, 5) is 12.3. The van der Waals surface area contributed by atoms with Crippen LogP contribution in [0.2, 0.25) is 10.0 Å². The highest BCUT2D eigenvalue weighted by molar-refractivity contribution is 7.98. The molecule has 0 aromatic heterocycles. The summed E-state index contributed by atoms with van der Waals surface area (Å²) in [7, 11) is 0. The molecule has 1 atom stereocenters. The van der Waals surface area contributed by atoms with Crippen molar-refractivity contribution in [2.45, 2.75) is 32.1 Å². The Labute approximate surface area is 169 Å². The maximum atomic E-state index is 12.3. The summed E-state index contributed by atoms with van der Waals surface area (Å²) in [5.41, 5.74) is 2.14. The smallest absolute Gasteiger partial charge is 0.261 e. The molecular formula is C20H23Cl2NO2S. The number of nitrogens with one attached hydrogen (secondary N) is 1. The first-order valence-corrected chi connectivity index (χ1v) is 10.4. The van der Waals surface area contributed by atoms with Crippen LogP contribution in [0.15, 0.2) is 42.5 Å². The molecule has 0 radical (unpaired) electrons. The summed E-state index contributed by atoms with van der Waals surface area (Å²) in [5, 5.41) is 4.08. The molecule has 3 nitrogen and oxygen atoms in total. The molecule has 2 rings (SSSR count). The van der Waals surface area contributed by atoms with Gasteiger partial charge in [0, 0.05) is 18.1 Å². The van der Waals surface area contributed by atoms with Crippen LogP contribution in [0.25, 0.3) is 0 Å². The lowest BCUT2D eigenvalue weighted by Crippen LogP contribution is -2.39. The van der Waals surface area contributed by atoms with Gasteiger partial charge in [-0.2, -0.15) is 11.8 Å². The van der Waals surface area contributed by atoms with Crippen LogP contribution in [0.3, 0.4) is 0 Å². The van der Waals surface area contributed by atoms with E-state index in [1.165, 1.54) is 0 Å². The van der Waals surface area contributed by atoms with Crippen molar-refractivity contribution in [3.63, 3.8) is 0 Å². The van der Waals surface area contributed by atoms with Gasteiger partial charge >= 0.3 is 0 Å². The second kappa shape index (κ2) is 10.7. The number of benzene rings is 2. The molecule has 1 N–H and O–H groups in total.